The third kappa shape index (κ3) is 4.68. The van der Waals surface area contributed by atoms with E-state index >= 15 is 0 Å². The smallest absolute Gasteiger partial charge is 0.265 e. The maximum atomic E-state index is 12.8. The Hall–Kier alpha value is -2.81. The monoisotopic (exact) mass is 399 g/mol. The number of anilines is 1. The highest BCUT2D eigenvalue weighted by Gasteiger charge is 2.18. The minimum absolute atomic E-state index is 0.0249. The number of nitrogens with two attached hydrogens (primary N) is 1. The van der Waals surface area contributed by atoms with E-state index < -0.39 is 15.9 Å². The van der Waals surface area contributed by atoms with Crippen molar-refractivity contribution in [3.05, 3.63) is 84.4 Å². The van der Waals surface area contributed by atoms with Gasteiger partial charge < -0.3 is 0 Å². The molecule has 0 fully saturated rings. The molecule has 0 spiro atoms. The lowest BCUT2D eigenvalue weighted by atomic mass is 10.2. The number of benzene rings is 3. The Morgan fingerprint density at radius 3 is 2.33 bits per heavy atom. The van der Waals surface area contributed by atoms with E-state index in [1.807, 2.05) is 47.9 Å². The SMILES string of the molecule is NNC(=O)c1cccc(S(=O)(=O)Nc2ccccc2Sc2ccccc2)c1. The lowest BCUT2D eigenvalue weighted by Crippen LogP contribution is -2.30. The molecule has 3 aromatic carbocycles. The summed E-state index contributed by atoms with van der Waals surface area (Å²) in [7, 11) is -3.88. The van der Waals surface area contributed by atoms with Crippen LogP contribution in [0.2, 0.25) is 0 Å². The molecule has 3 rings (SSSR count). The van der Waals surface area contributed by atoms with Gasteiger partial charge in [0.15, 0.2) is 0 Å². The summed E-state index contributed by atoms with van der Waals surface area (Å²) in [5.41, 5.74) is 2.61. The van der Waals surface area contributed by atoms with Crippen molar-refractivity contribution in [3.63, 3.8) is 0 Å². The average molecular weight is 399 g/mol. The van der Waals surface area contributed by atoms with E-state index in [1.165, 1.54) is 36.0 Å². The minimum Gasteiger partial charge on any atom is -0.290 e. The van der Waals surface area contributed by atoms with Crippen molar-refractivity contribution in [3.8, 4) is 0 Å². The molecule has 3 aromatic rings. The van der Waals surface area contributed by atoms with Gasteiger partial charge in [-0.15, -0.1) is 0 Å². The summed E-state index contributed by atoms with van der Waals surface area (Å²) in [5, 5.41) is 0. The van der Waals surface area contributed by atoms with E-state index in [9.17, 15) is 13.2 Å². The number of nitrogens with one attached hydrogen (secondary N) is 2. The maximum absolute atomic E-state index is 12.8. The summed E-state index contributed by atoms with van der Waals surface area (Å²) in [5.74, 6) is 4.55. The molecule has 0 unspecified atom stereocenters. The first-order valence-corrected chi connectivity index (χ1v) is 10.3. The van der Waals surface area contributed by atoms with Gasteiger partial charge in [-0.3, -0.25) is 14.9 Å². The molecule has 0 heterocycles. The highest BCUT2D eigenvalue weighted by atomic mass is 32.2. The molecule has 0 aliphatic carbocycles. The van der Waals surface area contributed by atoms with Gasteiger partial charge in [0.05, 0.1) is 10.6 Å². The Morgan fingerprint density at radius 1 is 0.889 bits per heavy atom. The number of carbonyl (C=O) groups excluding carboxylic acids is 1. The zero-order valence-corrected chi connectivity index (χ0v) is 15.8. The summed E-state index contributed by atoms with van der Waals surface area (Å²) in [6, 6.07) is 22.5. The molecule has 4 N–H and O–H groups in total. The van der Waals surface area contributed by atoms with Gasteiger partial charge in [-0.1, -0.05) is 48.2 Å². The Kier molecular flexibility index (Phi) is 5.80. The van der Waals surface area contributed by atoms with Crippen LogP contribution < -0.4 is 16.0 Å². The number of sulfonamides is 1. The van der Waals surface area contributed by atoms with Crippen LogP contribution in [0.5, 0.6) is 0 Å². The van der Waals surface area contributed by atoms with Crippen molar-refractivity contribution in [2.75, 3.05) is 4.72 Å². The Labute approximate surface area is 161 Å². The van der Waals surface area contributed by atoms with Gasteiger partial charge in [0.1, 0.15) is 0 Å². The lowest BCUT2D eigenvalue weighted by Gasteiger charge is -2.13. The molecule has 0 saturated carbocycles. The van der Waals surface area contributed by atoms with Crippen LogP contribution in [0.1, 0.15) is 10.4 Å². The van der Waals surface area contributed by atoms with Crippen LogP contribution in [0.3, 0.4) is 0 Å². The molecule has 0 aliphatic rings. The van der Waals surface area contributed by atoms with Crippen LogP contribution in [-0.4, -0.2) is 14.3 Å². The first-order valence-electron chi connectivity index (χ1n) is 7.95. The predicted molar refractivity (Wildman–Crippen MR) is 106 cm³/mol. The fourth-order valence-corrected chi connectivity index (χ4v) is 4.46. The van der Waals surface area contributed by atoms with Gasteiger partial charge in [-0.05, 0) is 42.5 Å². The summed E-state index contributed by atoms with van der Waals surface area (Å²) in [4.78, 5) is 13.4. The van der Waals surface area contributed by atoms with Crippen LogP contribution in [0.15, 0.2) is 93.5 Å². The van der Waals surface area contributed by atoms with Crippen molar-refractivity contribution >= 4 is 33.4 Å². The topological polar surface area (TPSA) is 101 Å². The summed E-state index contributed by atoms with van der Waals surface area (Å²) < 4.78 is 28.2. The number of hydrazine groups is 1. The van der Waals surface area contributed by atoms with Gasteiger partial charge >= 0.3 is 0 Å². The van der Waals surface area contributed by atoms with E-state index in [1.54, 1.807) is 12.1 Å². The van der Waals surface area contributed by atoms with Crippen LogP contribution in [0.25, 0.3) is 0 Å². The largest absolute Gasteiger partial charge is 0.290 e. The second-order valence-electron chi connectivity index (χ2n) is 5.52. The molecule has 0 saturated heterocycles. The highest BCUT2D eigenvalue weighted by Crippen LogP contribution is 2.34. The van der Waals surface area contributed by atoms with Crippen LogP contribution in [0.4, 0.5) is 5.69 Å². The molecule has 0 radical (unpaired) electrons. The third-order valence-electron chi connectivity index (χ3n) is 3.64. The fourth-order valence-electron chi connectivity index (χ4n) is 2.35. The number of carbonyl (C=O) groups is 1. The third-order valence-corrected chi connectivity index (χ3v) is 6.09. The maximum Gasteiger partial charge on any atom is 0.265 e. The van der Waals surface area contributed by atoms with Crippen molar-refractivity contribution in [2.24, 2.45) is 5.84 Å². The molecular formula is C19H17N3O3S2. The van der Waals surface area contributed by atoms with E-state index in [-0.39, 0.29) is 10.5 Å². The van der Waals surface area contributed by atoms with Gasteiger partial charge in [-0.2, -0.15) is 0 Å². The van der Waals surface area contributed by atoms with Gasteiger partial charge in [0.25, 0.3) is 15.9 Å². The number of amides is 1. The second-order valence-corrected chi connectivity index (χ2v) is 8.32. The molecule has 0 atom stereocenters. The first-order chi connectivity index (χ1) is 13.0. The number of nitrogen functional groups attached to an aromatic ring is 1. The van der Waals surface area contributed by atoms with Gasteiger partial charge in [0, 0.05) is 15.4 Å². The zero-order valence-electron chi connectivity index (χ0n) is 14.1. The number of hydrogen-bond donors (Lipinski definition) is 3. The molecule has 0 bridgehead atoms. The summed E-state index contributed by atoms with van der Waals surface area (Å²) >= 11 is 1.45. The Balaban J connectivity index is 1.90. The van der Waals surface area contributed by atoms with E-state index in [4.69, 9.17) is 5.84 Å². The molecule has 6 nitrogen and oxygen atoms in total. The highest BCUT2D eigenvalue weighted by molar-refractivity contribution is 7.99. The minimum atomic E-state index is -3.88. The fraction of sp³-hybridized carbons (Fsp3) is 0. The van der Waals surface area contributed by atoms with Crippen molar-refractivity contribution < 1.29 is 13.2 Å². The lowest BCUT2D eigenvalue weighted by molar-refractivity contribution is 0.0953. The van der Waals surface area contributed by atoms with Gasteiger partial charge in [0.2, 0.25) is 0 Å². The number of rotatable bonds is 6. The Morgan fingerprint density at radius 2 is 1.59 bits per heavy atom. The normalized spacial score (nSPS) is 11.0. The molecule has 0 aliphatic heterocycles. The van der Waals surface area contributed by atoms with E-state index in [0.717, 1.165) is 9.79 Å². The Bertz CT molecular complexity index is 1050. The van der Waals surface area contributed by atoms with Crippen LogP contribution in [-0.2, 0) is 10.0 Å². The zero-order chi connectivity index (χ0) is 19.3. The predicted octanol–water partition coefficient (Wildman–Crippen LogP) is 3.24. The van der Waals surface area contributed by atoms with Crippen LogP contribution in [0, 0.1) is 0 Å². The molecule has 27 heavy (non-hydrogen) atoms. The summed E-state index contributed by atoms with van der Waals surface area (Å²) in [6.07, 6.45) is 0. The first kappa shape index (κ1) is 19.0. The molecular weight excluding hydrogens is 382 g/mol. The second kappa shape index (κ2) is 8.26. The van der Waals surface area contributed by atoms with Crippen molar-refractivity contribution in [1.29, 1.82) is 0 Å². The van der Waals surface area contributed by atoms with E-state index in [2.05, 4.69) is 4.72 Å². The number of hydrogen-bond acceptors (Lipinski definition) is 5. The quantitative estimate of drug-likeness (QED) is 0.336. The number of para-hydroxylation sites is 1. The standard InChI is InChI=1S/C19H17N3O3S2/c20-21-19(23)14-7-6-10-16(13-14)27(24,25)22-17-11-4-5-12-18(17)26-15-8-2-1-3-9-15/h1-13,22H,20H2,(H,21,23). The summed E-state index contributed by atoms with van der Waals surface area (Å²) in [6.45, 7) is 0. The van der Waals surface area contributed by atoms with E-state index in [0.29, 0.717) is 5.69 Å². The van der Waals surface area contributed by atoms with Crippen LogP contribution >= 0.6 is 11.8 Å². The van der Waals surface area contributed by atoms with Gasteiger partial charge in [-0.25, -0.2) is 14.3 Å². The molecule has 1 amide bonds. The van der Waals surface area contributed by atoms with Crippen molar-refractivity contribution in [2.45, 2.75) is 14.7 Å². The van der Waals surface area contributed by atoms with Crippen molar-refractivity contribution in [1.82, 2.24) is 5.43 Å². The molecule has 0 aromatic heterocycles. The molecule has 8 heteroatoms. The molecule has 138 valence electrons. The average Bonchev–Trinajstić information content (AvgIpc) is 2.69.